The van der Waals surface area contributed by atoms with Gasteiger partial charge in [0.2, 0.25) is 0 Å². The summed E-state index contributed by atoms with van der Waals surface area (Å²) in [6.45, 7) is 2.53. The minimum absolute atomic E-state index is 0.142. The molecule has 2 unspecified atom stereocenters. The maximum absolute atomic E-state index is 10.4. The Labute approximate surface area is 76.0 Å². The van der Waals surface area contributed by atoms with Gasteiger partial charge in [0.25, 0.3) is 0 Å². The Morgan fingerprint density at radius 1 is 1.54 bits per heavy atom. The molecule has 0 fully saturated rings. The minimum Gasteiger partial charge on any atom is -0.393 e. The van der Waals surface area contributed by atoms with Crippen molar-refractivity contribution in [1.29, 1.82) is 0 Å². The van der Waals surface area contributed by atoms with Crippen molar-refractivity contribution in [2.24, 2.45) is 5.92 Å². The van der Waals surface area contributed by atoms with Crippen LogP contribution in [0.1, 0.15) is 20.3 Å². The lowest BCUT2D eigenvalue weighted by Gasteiger charge is -2.24. The highest BCUT2D eigenvalue weighted by Gasteiger charge is 2.48. The summed E-state index contributed by atoms with van der Waals surface area (Å²) in [6, 6.07) is 0. The summed E-state index contributed by atoms with van der Waals surface area (Å²) < 4.78 is 0. The summed E-state index contributed by atoms with van der Waals surface area (Å²) in [6.07, 6.45) is -1.94. The Kier molecular flexibility index (Phi) is 4.25. The van der Waals surface area contributed by atoms with Crippen LogP contribution in [-0.4, -0.2) is 38.7 Å². The fraction of sp³-hybridized carbons (Fsp3) is 1.00. The van der Waals surface area contributed by atoms with E-state index in [0.717, 1.165) is 0 Å². The SMILES string of the molecule is CC(C)CC(O)(C(O)CO)[N+](=O)[O-]. The number of rotatable bonds is 5. The van der Waals surface area contributed by atoms with Gasteiger partial charge in [-0.15, -0.1) is 0 Å². The number of nitro groups is 1. The van der Waals surface area contributed by atoms with Crippen molar-refractivity contribution in [3.63, 3.8) is 0 Å². The van der Waals surface area contributed by atoms with Gasteiger partial charge in [0.1, 0.15) is 0 Å². The van der Waals surface area contributed by atoms with Gasteiger partial charge < -0.3 is 15.3 Å². The van der Waals surface area contributed by atoms with Crippen molar-refractivity contribution in [2.45, 2.75) is 32.1 Å². The van der Waals surface area contributed by atoms with E-state index in [0.29, 0.717) is 0 Å². The number of hydrogen-bond donors (Lipinski definition) is 3. The highest BCUT2D eigenvalue weighted by molar-refractivity contribution is 4.76. The zero-order valence-corrected chi connectivity index (χ0v) is 7.67. The quantitative estimate of drug-likeness (QED) is 0.306. The molecular weight excluding hydrogens is 178 g/mol. The summed E-state index contributed by atoms with van der Waals surface area (Å²) in [5.74, 6) is -0.142. The van der Waals surface area contributed by atoms with Crippen LogP contribution in [0.4, 0.5) is 0 Å². The summed E-state index contributed by atoms with van der Waals surface area (Å²) in [4.78, 5) is 9.48. The summed E-state index contributed by atoms with van der Waals surface area (Å²) in [5.41, 5.74) is -2.44. The van der Waals surface area contributed by atoms with E-state index in [9.17, 15) is 15.2 Å². The molecule has 0 rings (SSSR count). The molecule has 0 aliphatic heterocycles. The standard InChI is InChI=1S/C7H15NO5/c1-5(2)3-7(11,8(12)13)6(10)4-9/h5-6,9-11H,3-4H2,1-2H3. The lowest BCUT2D eigenvalue weighted by Crippen LogP contribution is -2.51. The molecule has 0 aliphatic carbocycles. The monoisotopic (exact) mass is 193 g/mol. The highest BCUT2D eigenvalue weighted by atomic mass is 16.7. The van der Waals surface area contributed by atoms with Crippen LogP contribution in [0.25, 0.3) is 0 Å². The highest BCUT2D eigenvalue weighted by Crippen LogP contribution is 2.21. The number of aliphatic hydroxyl groups excluding tert-OH is 2. The Bertz CT molecular complexity index is 184. The van der Waals surface area contributed by atoms with Gasteiger partial charge in [-0.25, -0.2) is 0 Å². The van der Waals surface area contributed by atoms with E-state index in [1.807, 2.05) is 0 Å². The lowest BCUT2D eigenvalue weighted by molar-refractivity contribution is -0.641. The van der Waals surface area contributed by atoms with Gasteiger partial charge in [0, 0.05) is 0 Å². The van der Waals surface area contributed by atoms with Crippen LogP contribution in [-0.2, 0) is 0 Å². The molecule has 3 N–H and O–H groups in total. The van der Waals surface area contributed by atoms with Crippen LogP contribution in [0, 0.1) is 16.0 Å². The maximum atomic E-state index is 10.4. The molecule has 0 aromatic carbocycles. The fourth-order valence-corrected chi connectivity index (χ4v) is 1.08. The maximum Gasteiger partial charge on any atom is 0.350 e. The minimum atomic E-state index is -2.44. The van der Waals surface area contributed by atoms with E-state index in [4.69, 9.17) is 10.2 Å². The predicted molar refractivity (Wildman–Crippen MR) is 44.5 cm³/mol. The first-order valence-electron chi connectivity index (χ1n) is 4.00. The number of aliphatic hydroxyl groups is 3. The molecule has 0 bridgehead atoms. The van der Waals surface area contributed by atoms with Gasteiger partial charge in [-0.05, 0) is 5.92 Å². The van der Waals surface area contributed by atoms with Crippen molar-refractivity contribution >= 4 is 0 Å². The van der Waals surface area contributed by atoms with Crippen LogP contribution in [0.2, 0.25) is 0 Å². The van der Waals surface area contributed by atoms with Gasteiger partial charge in [-0.1, -0.05) is 13.8 Å². The van der Waals surface area contributed by atoms with E-state index in [1.54, 1.807) is 13.8 Å². The molecule has 0 amide bonds. The average Bonchev–Trinajstić information content (AvgIpc) is 2.01. The average molecular weight is 193 g/mol. The van der Waals surface area contributed by atoms with Crippen LogP contribution >= 0.6 is 0 Å². The van der Waals surface area contributed by atoms with Gasteiger partial charge in [-0.2, -0.15) is 0 Å². The first-order valence-corrected chi connectivity index (χ1v) is 4.00. The third-order valence-electron chi connectivity index (χ3n) is 1.73. The predicted octanol–water partition coefficient (Wildman–Crippen LogP) is -0.649. The fourth-order valence-electron chi connectivity index (χ4n) is 1.08. The van der Waals surface area contributed by atoms with Gasteiger partial charge >= 0.3 is 5.72 Å². The van der Waals surface area contributed by atoms with Crippen LogP contribution < -0.4 is 0 Å². The molecule has 0 aromatic rings. The third kappa shape index (κ3) is 2.91. The second kappa shape index (κ2) is 4.50. The number of hydrogen-bond acceptors (Lipinski definition) is 5. The first-order chi connectivity index (χ1) is 5.84. The zero-order chi connectivity index (χ0) is 10.6. The summed E-state index contributed by atoms with van der Waals surface area (Å²) >= 11 is 0. The molecule has 0 radical (unpaired) electrons. The van der Waals surface area contributed by atoms with Crippen molar-refractivity contribution in [2.75, 3.05) is 6.61 Å². The Morgan fingerprint density at radius 3 is 2.23 bits per heavy atom. The number of nitrogens with zero attached hydrogens (tertiary/aromatic N) is 1. The molecule has 0 aromatic heterocycles. The second-order valence-electron chi connectivity index (χ2n) is 3.43. The molecular formula is C7H15NO5. The van der Waals surface area contributed by atoms with Crippen LogP contribution in [0.5, 0.6) is 0 Å². The molecule has 0 spiro atoms. The van der Waals surface area contributed by atoms with Crippen molar-refractivity contribution in [3.8, 4) is 0 Å². The molecule has 2 atom stereocenters. The molecule has 13 heavy (non-hydrogen) atoms. The molecule has 0 heterocycles. The third-order valence-corrected chi connectivity index (χ3v) is 1.73. The Hall–Kier alpha value is -0.720. The van der Waals surface area contributed by atoms with Gasteiger partial charge in [0.05, 0.1) is 18.0 Å². The molecule has 78 valence electrons. The molecule has 0 aliphatic rings. The van der Waals surface area contributed by atoms with E-state index in [-0.39, 0.29) is 12.3 Å². The van der Waals surface area contributed by atoms with Crippen LogP contribution in [0.3, 0.4) is 0 Å². The second-order valence-corrected chi connectivity index (χ2v) is 3.43. The molecule has 0 saturated heterocycles. The van der Waals surface area contributed by atoms with E-state index < -0.39 is 23.4 Å². The summed E-state index contributed by atoms with van der Waals surface area (Å²) in [7, 11) is 0. The van der Waals surface area contributed by atoms with Gasteiger partial charge in [-0.3, -0.25) is 10.1 Å². The van der Waals surface area contributed by atoms with Crippen molar-refractivity contribution in [1.82, 2.24) is 0 Å². The largest absolute Gasteiger partial charge is 0.393 e. The summed E-state index contributed by atoms with van der Waals surface area (Å²) in [5, 5.41) is 37.4. The molecule has 0 saturated carbocycles. The lowest BCUT2D eigenvalue weighted by atomic mass is 9.96. The van der Waals surface area contributed by atoms with E-state index in [2.05, 4.69) is 0 Å². The van der Waals surface area contributed by atoms with Crippen LogP contribution in [0.15, 0.2) is 0 Å². The van der Waals surface area contributed by atoms with E-state index >= 15 is 0 Å². The van der Waals surface area contributed by atoms with Crippen molar-refractivity contribution < 1.29 is 20.2 Å². The van der Waals surface area contributed by atoms with E-state index in [1.165, 1.54) is 0 Å². The Morgan fingerprint density at radius 2 is 2.00 bits per heavy atom. The Balaban J connectivity index is 4.62. The topological polar surface area (TPSA) is 104 Å². The first kappa shape index (κ1) is 12.3. The molecule has 6 nitrogen and oxygen atoms in total. The van der Waals surface area contributed by atoms with Gasteiger partial charge in [0.15, 0.2) is 6.10 Å². The normalized spacial score (nSPS) is 18.3. The molecule has 6 heteroatoms. The smallest absolute Gasteiger partial charge is 0.350 e. The zero-order valence-electron chi connectivity index (χ0n) is 7.67. The van der Waals surface area contributed by atoms with Crippen molar-refractivity contribution in [3.05, 3.63) is 10.1 Å².